The summed E-state index contributed by atoms with van der Waals surface area (Å²) < 4.78 is 18.5. The van der Waals surface area contributed by atoms with E-state index >= 15 is 0 Å². The Balaban J connectivity index is 2.19. The van der Waals surface area contributed by atoms with Crippen LogP contribution in [0.25, 0.3) is 0 Å². The number of rotatable bonds is 5. The van der Waals surface area contributed by atoms with Crippen LogP contribution in [0.2, 0.25) is 5.02 Å². The number of benzene rings is 2. The molecular formula is C21H20ClFN4O2S. The van der Waals surface area contributed by atoms with Crippen LogP contribution in [-0.4, -0.2) is 26.9 Å². The summed E-state index contributed by atoms with van der Waals surface area (Å²) in [5, 5.41) is 8.63. The molecular weight excluding hydrogens is 427 g/mol. The van der Waals surface area contributed by atoms with E-state index in [0.29, 0.717) is 10.6 Å². The van der Waals surface area contributed by atoms with E-state index in [1.54, 1.807) is 30.3 Å². The fourth-order valence-corrected chi connectivity index (χ4v) is 3.45. The molecule has 0 unspecified atom stereocenters. The fourth-order valence-electron chi connectivity index (χ4n) is 2.89. The Labute approximate surface area is 182 Å². The molecule has 9 heteroatoms. The van der Waals surface area contributed by atoms with E-state index in [4.69, 9.17) is 11.6 Å². The summed E-state index contributed by atoms with van der Waals surface area (Å²) in [5.41, 5.74) is -0.125. The molecule has 0 fully saturated rings. The molecule has 0 saturated carbocycles. The molecule has 30 heavy (non-hydrogen) atoms. The van der Waals surface area contributed by atoms with Crippen LogP contribution >= 0.6 is 23.1 Å². The first-order valence-corrected chi connectivity index (χ1v) is 10.3. The highest BCUT2D eigenvalue weighted by Gasteiger charge is 2.36. The summed E-state index contributed by atoms with van der Waals surface area (Å²) in [5.74, 6) is -1.75. The maximum Gasteiger partial charge on any atom is 0.280 e. The number of para-hydroxylation sites is 1. The first kappa shape index (κ1) is 21.9. The second kappa shape index (κ2) is 8.89. The van der Waals surface area contributed by atoms with E-state index in [9.17, 15) is 14.0 Å². The lowest BCUT2D eigenvalue weighted by molar-refractivity contribution is -0.123. The fraction of sp³-hybridized carbons (Fsp3) is 0.238. The van der Waals surface area contributed by atoms with E-state index < -0.39 is 29.2 Å². The third-order valence-corrected chi connectivity index (χ3v) is 4.86. The number of hydrogen-bond donors (Lipinski definition) is 1. The van der Waals surface area contributed by atoms with Gasteiger partial charge >= 0.3 is 0 Å². The molecule has 1 aromatic heterocycles. The average molecular weight is 447 g/mol. The van der Waals surface area contributed by atoms with Crippen molar-refractivity contribution < 1.29 is 14.0 Å². The largest absolute Gasteiger partial charge is 0.349 e. The predicted octanol–water partition coefficient (Wildman–Crippen LogP) is 4.63. The molecule has 2 aromatic carbocycles. The van der Waals surface area contributed by atoms with Gasteiger partial charge in [-0.15, -0.1) is 5.10 Å². The normalized spacial score (nSPS) is 12.3. The minimum atomic E-state index is -1.16. The van der Waals surface area contributed by atoms with Crippen molar-refractivity contribution in [2.24, 2.45) is 0 Å². The Hall–Kier alpha value is -2.84. The molecule has 2 amide bonds. The molecule has 0 aliphatic carbocycles. The van der Waals surface area contributed by atoms with E-state index in [1.165, 1.54) is 23.6 Å². The van der Waals surface area contributed by atoms with E-state index in [2.05, 4.69) is 14.9 Å². The summed E-state index contributed by atoms with van der Waals surface area (Å²) in [6.45, 7) is 5.47. The Morgan fingerprint density at radius 3 is 2.37 bits per heavy atom. The molecule has 1 N–H and O–H groups in total. The molecule has 3 rings (SSSR count). The van der Waals surface area contributed by atoms with Gasteiger partial charge in [-0.05, 0) is 62.1 Å². The van der Waals surface area contributed by atoms with Crippen LogP contribution in [0.15, 0.2) is 53.9 Å². The van der Waals surface area contributed by atoms with Gasteiger partial charge in [0.05, 0.1) is 5.69 Å². The topological polar surface area (TPSA) is 75.2 Å². The van der Waals surface area contributed by atoms with Crippen molar-refractivity contribution in [2.75, 3.05) is 4.90 Å². The lowest BCUT2D eigenvalue weighted by Crippen LogP contribution is -2.49. The molecule has 156 valence electrons. The van der Waals surface area contributed by atoms with Gasteiger partial charge in [-0.1, -0.05) is 40.4 Å². The van der Waals surface area contributed by atoms with Crippen molar-refractivity contribution in [3.05, 3.63) is 76.0 Å². The van der Waals surface area contributed by atoms with E-state index in [-0.39, 0.29) is 11.4 Å². The average Bonchev–Trinajstić information content (AvgIpc) is 3.21. The highest BCUT2D eigenvalue weighted by molar-refractivity contribution is 7.03. The minimum Gasteiger partial charge on any atom is -0.349 e. The van der Waals surface area contributed by atoms with Gasteiger partial charge in [-0.2, -0.15) is 0 Å². The molecule has 0 saturated heterocycles. The van der Waals surface area contributed by atoms with Gasteiger partial charge in [0.15, 0.2) is 5.69 Å². The summed E-state index contributed by atoms with van der Waals surface area (Å²) >= 11 is 7.00. The molecule has 0 aliphatic heterocycles. The number of amides is 2. The van der Waals surface area contributed by atoms with Crippen LogP contribution in [0.4, 0.5) is 10.1 Å². The summed E-state index contributed by atoms with van der Waals surface area (Å²) in [6.07, 6.45) is 0. The number of aromatic nitrogens is 2. The molecule has 0 aliphatic rings. The first-order valence-electron chi connectivity index (χ1n) is 9.10. The number of halogens is 2. The Bertz CT molecular complexity index is 1040. The highest BCUT2D eigenvalue weighted by atomic mass is 35.5. The van der Waals surface area contributed by atoms with Crippen molar-refractivity contribution in [1.82, 2.24) is 14.9 Å². The van der Waals surface area contributed by atoms with Crippen molar-refractivity contribution in [2.45, 2.75) is 32.4 Å². The molecule has 1 heterocycles. The van der Waals surface area contributed by atoms with Gasteiger partial charge in [-0.3, -0.25) is 14.5 Å². The van der Waals surface area contributed by atoms with Crippen molar-refractivity contribution in [3.8, 4) is 0 Å². The third kappa shape index (κ3) is 5.01. The van der Waals surface area contributed by atoms with E-state index in [1.807, 2.05) is 20.8 Å². The number of anilines is 1. The molecule has 0 spiro atoms. The van der Waals surface area contributed by atoms with Crippen LogP contribution in [0.1, 0.15) is 42.9 Å². The second-order valence-electron chi connectivity index (χ2n) is 7.61. The quantitative estimate of drug-likeness (QED) is 0.619. The van der Waals surface area contributed by atoms with Crippen LogP contribution in [0, 0.1) is 5.82 Å². The smallest absolute Gasteiger partial charge is 0.280 e. The van der Waals surface area contributed by atoms with Crippen LogP contribution < -0.4 is 10.2 Å². The monoisotopic (exact) mass is 446 g/mol. The minimum absolute atomic E-state index is 0.0192. The molecule has 6 nitrogen and oxygen atoms in total. The summed E-state index contributed by atoms with van der Waals surface area (Å²) in [4.78, 5) is 27.8. The Morgan fingerprint density at radius 2 is 1.80 bits per heavy atom. The molecule has 3 aromatic rings. The number of carbonyl (C=O) groups is 2. The van der Waals surface area contributed by atoms with Crippen molar-refractivity contribution >= 4 is 40.6 Å². The van der Waals surface area contributed by atoms with Gasteiger partial charge in [-0.25, -0.2) is 4.39 Å². The lowest BCUT2D eigenvalue weighted by Gasteiger charge is -2.33. The van der Waals surface area contributed by atoms with Crippen LogP contribution in [-0.2, 0) is 4.79 Å². The maximum absolute atomic E-state index is 14.8. The van der Waals surface area contributed by atoms with Gasteiger partial charge in [0, 0.05) is 15.9 Å². The molecule has 0 bridgehead atoms. The second-order valence-corrected chi connectivity index (χ2v) is 8.66. The maximum atomic E-state index is 14.8. The standard InChI is InChI=1S/C21H20ClFN4O2S/c1-21(2,3)24-19(28)18(13-8-10-14(22)11-9-13)27(17-7-5-4-6-15(17)23)20(29)16-12-30-26-25-16/h4-12,18H,1-3H3,(H,24,28)/t18-/m0/s1. The Morgan fingerprint density at radius 1 is 1.13 bits per heavy atom. The lowest BCUT2D eigenvalue weighted by atomic mass is 10.0. The summed E-state index contributed by atoms with van der Waals surface area (Å²) in [7, 11) is 0. The van der Waals surface area contributed by atoms with Crippen LogP contribution in [0.3, 0.4) is 0 Å². The summed E-state index contributed by atoms with van der Waals surface area (Å²) in [6, 6.07) is 11.1. The predicted molar refractivity (Wildman–Crippen MR) is 115 cm³/mol. The van der Waals surface area contributed by atoms with Crippen LogP contribution in [0.5, 0.6) is 0 Å². The van der Waals surface area contributed by atoms with Gasteiger partial charge in [0.2, 0.25) is 5.91 Å². The van der Waals surface area contributed by atoms with Gasteiger partial charge < -0.3 is 5.32 Å². The molecule has 0 radical (unpaired) electrons. The third-order valence-electron chi connectivity index (χ3n) is 4.10. The van der Waals surface area contributed by atoms with Crippen molar-refractivity contribution in [1.29, 1.82) is 0 Å². The Kier molecular flexibility index (Phi) is 6.48. The van der Waals surface area contributed by atoms with E-state index in [0.717, 1.165) is 16.4 Å². The number of hydrogen-bond acceptors (Lipinski definition) is 5. The SMILES string of the molecule is CC(C)(C)NC(=O)[C@H](c1ccc(Cl)cc1)N(C(=O)c1csnn1)c1ccccc1F. The number of nitrogens with zero attached hydrogens (tertiary/aromatic N) is 3. The molecule has 1 atom stereocenters. The first-order chi connectivity index (χ1) is 14.2. The number of nitrogens with one attached hydrogen (secondary N) is 1. The zero-order valence-corrected chi connectivity index (χ0v) is 18.2. The van der Waals surface area contributed by atoms with Crippen molar-refractivity contribution in [3.63, 3.8) is 0 Å². The zero-order valence-electron chi connectivity index (χ0n) is 16.6. The number of carbonyl (C=O) groups excluding carboxylic acids is 2. The zero-order chi connectivity index (χ0) is 21.9. The van der Waals surface area contributed by atoms with Gasteiger partial charge in [0.25, 0.3) is 5.91 Å². The highest BCUT2D eigenvalue weighted by Crippen LogP contribution is 2.32. The van der Waals surface area contributed by atoms with Gasteiger partial charge in [0.1, 0.15) is 11.9 Å².